The van der Waals surface area contributed by atoms with Crippen LogP contribution in [0.25, 0.3) is 0 Å². The molecule has 0 heterocycles. The maximum Gasteiger partial charge on any atom is 0.472 e. The molecule has 0 fully saturated rings. The van der Waals surface area contributed by atoms with Gasteiger partial charge < -0.3 is 33.8 Å². The van der Waals surface area contributed by atoms with Crippen molar-refractivity contribution in [3.8, 4) is 0 Å². The van der Waals surface area contributed by atoms with Crippen LogP contribution in [-0.4, -0.2) is 96.7 Å². The molecule has 17 nitrogen and oxygen atoms in total. The summed E-state index contributed by atoms with van der Waals surface area (Å²) in [5, 5.41) is 10.6. The van der Waals surface area contributed by atoms with E-state index in [1.165, 1.54) is 57.8 Å². The van der Waals surface area contributed by atoms with Crippen LogP contribution in [0.2, 0.25) is 0 Å². The average Bonchev–Trinajstić information content (AvgIpc) is 0.939. The van der Waals surface area contributed by atoms with E-state index >= 15 is 0 Å². The molecule has 0 bridgehead atoms. The van der Waals surface area contributed by atoms with Gasteiger partial charge in [0.1, 0.15) is 19.3 Å². The van der Waals surface area contributed by atoms with Crippen molar-refractivity contribution in [2.24, 2.45) is 0 Å². The zero-order valence-electron chi connectivity index (χ0n) is 63.5. The minimum atomic E-state index is -4.99. The van der Waals surface area contributed by atoms with Crippen molar-refractivity contribution < 1.29 is 80.2 Å². The van der Waals surface area contributed by atoms with Gasteiger partial charge in [0.25, 0.3) is 0 Å². The number of aliphatic hydroxyl groups is 1. The Labute approximate surface area is 617 Å². The minimum absolute atomic E-state index is 0.0664. The highest BCUT2D eigenvalue weighted by atomic mass is 31.2. The molecular formula is C83H138O17P2. The SMILES string of the molecule is CC/C=C\C/C=C\C/C=C\C/C=C\C/C=C\CCCCCC(=O)OCC(COP(=O)(O)OCC(O)COP(=O)(O)OCC(COC(=O)CCC/C=C\C/C=C\C/C=C\C/C=C\C/C=C\CC)OC(=O)CCCCCCCCCCCCC)OC(=O)CCCCCCC/C=C\C/C=C\CCCCC. The average molecular weight is 1470 g/mol. The van der Waals surface area contributed by atoms with E-state index in [0.29, 0.717) is 32.1 Å². The molecule has 0 aliphatic rings. The number of phosphoric ester groups is 2. The zero-order chi connectivity index (χ0) is 74.6. The Morgan fingerprint density at radius 1 is 0.284 bits per heavy atom. The van der Waals surface area contributed by atoms with Gasteiger partial charge in [-0.3, -0.25) is 37.3 Å². The normalized spacial score (nSPS) is 14.7. The highest BCUT2D eigenvalue weighted by Gasteiger charge is 2.30. The van der Waals surface area contributed by atoms with E-state index in [1.807, 2.05) is 12.2 Å². The summed E-state index contributed by atoms with van der Waals surface area (Å²) in [6, 6.07) is 0. The summed E-state index contributed by atoms with van der Waals surface area (Å²) in [5.41, 5.74) is 0. The fourth-order valence-corrected chi connectivity index (χ4v) is 11.5. The second-order valence-corrected chi connectivity index (χ2v) is 28.4. The standard InChI is InChI=1S/C83H138O17P2/c1-5-9-13-17-21-25-29-32-35-37-38-40-43-45-49-52-56-60-64-68-81(86)94-74-79(100-83(88)70-66-62-58-54-50-46-41-34-31-27-23-19-15-11-7-3)76-98-102(91,92)96-72-77(84)71-95-101(89,90)97-75-78(99-82(87)69-65-61-57-53-47-28-24-20-16-12-8-4)73-93-80(85)67-63-59-55-51-48-44-42-39-36-33-30-26-22-18-14-10-6-2/h9-10,13-14,21-23,25-27,32-36,38,40-42,44-45,49,51,55,77-79,84H,5-8,11-12,15-20,24,28-31,37,39,43,46-48,50,52-54,56-76H2,1-4H3,(H,89,90)(H,91,92)/b13-9-,14-10-,25-21-,26-22-,27-23-,35-32-,36-33-,40-38-,41-34-,44-42-,49-45-,55-51-. The number of hydrogen-bond acceptors (Lipinski definition) is 15. The Kier molecular flexibility index (Phi) is 70.5. The number of unbranched alkanes of at least 4 members (excludes halogenated alkanes) is 22. The van der Waals surface area contributed by atoms with E-state index in [2.05, 4.69) is 161 Å². The molecule has 0 aromatic carbocycles. The number of carbonyl (C=O) groups is 4. The van der Waals surface area contributed by atoms with Gasteiger partial charge in [0, 0.05) is 25.7 Å². The van der Waals surface area contributed by atoms with Crippen LogP contribution in [0.15, 0.2) is 146 Å². The fourth-order valence-electron chi connectivity index (χ4n) is 9.90. The zero-order valence-corrected chi connectivity index (χ0v) is 65.3. The smallest absolute Gasteiger partial charge is 0.462 e. The van der Waals surface area contributed by atoms with Crippen molar-refractivity contribution in [3.63, 3.8) is 0 Å². The number of allylic oxidation sites excluding steroid dienone is 24. The maximum absolute atomic E-state index is 13.1. The minimum Gasteiger partial charge on any atom is -0.462 e. The lowest BCUT2D eigenvalue weighted by molar-refractivity contribution is -0.161. The molecule has 0 radical (unpaired) electrons. The van der Waals surface area contributed by atoms with Gasteiger partial charge in [-0.15, -0.1) is 0 Å². The van der Waals surface area contributed by atoms with E-state index in [0.717, 1.165) is 154 Å². The predicted molar refractivity (Wildman–Crippen MR) is 417 cm³/mol. The Morgan fingerprint density at radius 2 is 0.520 bits per heavy atom. The van der Waals surface area contributed by atoms with Gasteiger partial charge in [0.15, 0.2) is 12.2 Å². The summed E-state index contributed by atoms with van der Waals surface area (Å²) in [6.45, 7) is 4.49. The van der Waals surface area contributed by atoms with Gasteiger partial charge in [0.05, 0.1) is 26.4 Å². The third-order valence-corrected chi connectivity index (χ3v) is 17.7. The first kappa shape index (κ1) is 96.9. The third-order valence-electron chi connectivity index (χ3n) is 15.8. The summed E-state index contributed by atoms with van der Waals surface area (Å²) >= 11 is 0. The molecule has 0 aromatic heterocycles. The molecule has 3 N–H and O–H groups in total. The molecule has 102 heavy (non-hydrogen) atoms. The molecule has 0 spiro atoms. The summed E-state index contributed by atoms with van der Waals surface area (Å²) in [6.07, 6.45) is 84.1. The van der Waals surface area contributed by atoms with E-state index in [1.54, 1.807) is 0 Å². The number of aliphatic hydroxyl groups excluding tert-OH is 1. The van der Waals surface area contributed by atoms with Crippen molar-refractivity contribution in [1.82, 2.24) is 0 Å². The lowest BCUT2D eigenvalue weighted by atomic mass is 10.1. The Bertz CT molecular complexity index is 2510. The van der Waals surface area contributed by atoms with Gasteiger partial charge in [0.2, 0.25) is 0 Å². The molecule has 0 saturated carbocycles. The fraction of sp³-hybridized carbons (Fsp3) is 0.663. The van der Waals surface area contributed by atoms with Crippen molar-refractivity contribution in [1.29, 1.82) is 0 Å². The molecule has 0 rings (SSSR count). The van der Waals surface area contributed by atoms with Crippen molar-refractivity contribution in [3.05, 3.63) is 146 Å². The number of ether oxygens (including phenoxy) is 4. The van der Waals surface area contributed by atoms with Crippen LogP contribution in [0.3, 0.4) is 0 Å². The number of rotatable bonds is 72. The number of esters is 4. The van der Waals surface area contributed by atoms with E-state index in [9.17, 15) is 43.2 Å². The molecule has 5 unspecified atom stereocenters. The van der Waals surface area contributed by atoms with Gasteiger partial charge in [-0.1, -0.05) is 276 Å². The monoisotopic (exact) mass is 1470 g/mol. The van der Waals surface area contributed by atoms with Crippen molar-refractivity contribution in [2.75, 3.05) is 39.6 Å². The second kappa shape index (κ2) is 74.2. The molecule has 0 aliphatic heterocycles. The Morgan fingerprint density at radius 3 is 0.853 bits per heavy atom. The van der Waals surface area contributed by atoms with Gasteiger partial charge in [-0.25, -0.2) is 9.13 Å². The lowest BCUT2D eigenvalue weighted by Gasteiger charge is -2.21. The summed E-state index contributed by atoms with van der Waals surface area (Å²) in [7, 11) is -9.99. The van der Waals surface area contributed by atoms with Crippen LogP contribution in [0.1, 0.15) is 297 Å². The third kappa shape index (κ3) is 73.3. The van der Waals surface area contributed by atoms with Crippen LogP contribution < -0.4 is 0 Å². The first-order chi connectivity index (χ1) is 49.7. The maximum atomic E-state index is 13.1. The van der Waals surface area contributed by atoms with Crippen LogP contribution >= 0.6 is 15.6 Å². The van der Waals surface area contributed by atoms with Gasteiger partial charge in [-0.2, -0.15) is 0 Å². The van der Waals surface area contributed by atoms with E-state index in [4.69, 9.17) is 37.0 Å². The van der Waals surface area contributed by atoms with E-state index < -0.39 is 97.5 Å². The number of hydrogen-bond donors (Lipinski definition) is 3. The quantitative estimate of drug-likeness (QED) is 0.0169. The molecule has 582 valence electrons. The van der Waals surface area contributed by atoms with E-state index in [-0.39, 0.29) is 25.7 Å². The summed E-state index contributed by atoms with van der Waals surface area (Å²) in [5.74, 6) is -2.30. The lowest BCUT2D eigenvalue weighted by Crippen LogP contribution is -2.30. The molecule has 19 heteroatoms. The summed E-state index contributed by atoms with van der Waals surface area (Å²) in [4.78, 5) is 72.9. The van der Waals surface area contributed by atoms with Crippen LogP contribution in [-0.2, 0) is 65.4 Å². The first-order valence-electron chi connectivity index (χ1n) is 39.1. The topological polar surface area (TPSA) is 237 Å². The molecule has 0 aromatic rings. The number of phosphoric acid groups is 2. The first-order valence-corrected chi connectivity index (χ1v) is 42.1. The second-order valence-electron chi connectivity index (χ2n) is 25.5. The molecular weight excluding hydrogens is 1330 g/mol. The highest BCUT2D eigenvalue weighted by molar-refractivity contribution is 7.47. The Balaban J connectivity index is 5.42. The van der Waals surface area contributed by atoms with Crippen LogP contribution in [0, 0.1) is 0 Å². The summed E-state index contributed by atoms with van der Waals surface area (Å²) < 4.78 is 68.4. The Hall–Kier alpha value is -5.06. The highest BCUT2D eigenvalue weighted by Crippen LogP contribution is 2.45. The molecule has 0 aliphatic carbocycles. The molecule has 0 amide bonds. The van der Waals surface area contributed by atoms with Crippen LogP contribution in [0.4, 0.5) is 0 Å². The van der Waals surface area contributed by atoms with Crippen LogP contribution in [0.5, 0.6) is 0 Å². The predicted octanol–water partition coefficient (Wildman–Crippen LogP) is 22.7. The van der Waals surface area contributed by atoms with Gasteiger partial charge >= 0.3 is 39.5 Å². The number of carbonyl (C=O) groups excluding carboxylic acids is 4. The van der Waals surface area contributed by atoms with Crippen molar-refractivity contribution in [2.45, 2.75) is 316 Å². The molecule has 5 atom stereocenters. The largest absolute Gasteiger partial charge is 0.472 e. The van der Waals surface area contributed by atoms with Gasteiger partial charge in [-0.05, 0) is 141 Å². The van der Waals surface area contributed by atoms with Crippen molar-refractivity contribution >= 4 is 39.5 Å². The molecule has 0 saturated heterocycles.